The zero-order chi connectivity index (χ0) is 19.8. The van der Waals surface area contributed by atoms with Crippen molar-refractivity contribution in [3.8, 4) is 0 Å². The van der Waals surface area contributed by atoms with Gasteiger partial charge in [0.05, 0.1) is 17.8 Å². The molecule has 2 N–H and O–H groups in total. The summed E-state index contributed by atoms with van der Waals surface area (Å²) >= 11 is 0. The first kappa shape index (κ1) is 22.6. The third-order valence-corrected chi connectivity index (χ3v) is 5.66. The molecular weight excluding hydrogens is 380 g/mol. The first-order valence-corrected chi connectivity index (χ1v) is 11.6. The molecule has 0 aliphatic carbocycles. The Balaban J connectivity index is 2.50. The minimum atomic E-state index is -3.58. The average Bonchev–Trinajstić information content (AvgIpc) is 2.53. The van der Waals surface area contributed by atoms with Gasteiger partial charge in [-0.3, -0.25) is 4.79 Å². The molecule has 0 radical (unpaired) electrons. The molecule has 10 heteroatoms. The average molecular weight is 407 g/mol. The van der Waals surface area contributed by atoms with Gasteiger partial charge in [-0.1, -0.05) is 17.7 Å². The molecule has 1 atom stereocenters. The highest BCUT2D eigenvalue weighted by Crippen LogP contribution is 2.10. The molecule has 8 nitrogen and oxygen atoms in total. The second-order valence-electron chi connectivity index (χ2n) is 5.90. The molecule has 0 saturated heterocycles. The van der Waals surface area contributed by atoms with Crippen LogP contribution in [-0.2, 0) is 29.6 Å². The van der Waals surface area contributed by atoms with Gasteiger partial charge in [0.25, 0.3) is 0 Å². The Morgan fingerprint density at radius 1 is 1.12 bits per heavy atom. The summed E-state index contributed by atoms with van der Waals surface area (Å²) in [6.07, 6.45) is 2.09. The molecule has 0 fully saturated rings. The number of esters is 1. The SMILES string of the molecule is CCOC(=O)C(CCCCNS(=O)(=O)c1ccc(C)cc1)NS(C)(=O)=O. The van der Waals surface area contributed by atoms with Crippen molar-refractivity contribution in [3.63, 3.8) is 0 Å². The van der Waals surface area contributed by atoms with E-state index in [0.29, 0.717) is 12.8 Å². The Hall–Kier alpha value is -1.49. The molecule has 1 aromatic rings. The third-order valence-electron chi connectivity index (χ3n) is 3.47. The summed E-state index contributed by atoms with van der Waals surface area (Å²) in [7, 11) is -7.14. The summed E-state index contributed by atoms with van der Waals surface area (Å²) < 4.78 is 56.5. The number of ether oxygens (including phenoxy) is 1. The quantitative estimate of drug-likeness (QED) is 0.417. The van der Waals surface area contributed by atoms with Crippen molar-refractivity contribution in [2.45, 2.75) is 44.0 Å². The third kappa shape index (κ3) is 8.26. The molecule has 0 aliphatic rings. The highest BCUT2D eigenvalue weighted by atomic mass is 32.2. The van der Waals surface area contributed by atoms with Gasteiger partial charge in [0, 0.05) is 6.54 Å². The Morgan fingerprint density at radius 3 is 2.27 bits per heavy atom. The van der Waals surface area contributed by atoms with Crippen molar-refractivity contribution >= 4 is 26.0 Å². The molecule has 148 valence electrons. The van der Waals surface area contributed by atoms with Crippen LogP contribution in [0, 0.1) is 6.92 Å². The zero-order valence-corrected chi connectivity index (χ0v) is 16.8. The van der Waals surface area contributed by atoms with Crippen molar-refractivity contribution in [1.82, 2.24) is 9.44 Å². The number of sulfonamides is 2. The molecule has 1 aromatic carbocycles. The number of aryl methyl sites for hydroxylation is 1. The minimum absolute atomic E-state index is 0.150. The van der Waals surface area contributed by atoms with Crippen LogP contribution < -0.4 is 9.44 Å². The number of hydrogen-bond donors (Lipinski definition) is 2. The maximum absolute atomic E-state index is 12.1. The van der Waals surface area contributed by atoms with Gasteiger partial charge in [0.15, 0.2) is 0 Å². The Bertz CT molecular complexity index is 789. The second-order valence-corrected chi connectivity index (χ2v) is 9.45. The van der Waals surface area contributed by atoms with E-state index in [4.69, 9.17) is 4.74 Å². The Labute approximate surface area is 155 Å². The van der Waals surface area contributed by atoms with Crippen molar-refractivity contribution < 1.29 is 26.4 Å². The van der Waals surface area contributed by atoms with E-state index in [1.165, 1.54) is 12.1 Å². The molecule has 0 amide bonds. The fourth-order valence-corrected chi connectivity index (χ4v) is 4.01. The van der Waals surface area contributed by atoms with Crippen LogP contribution in [0.5, 0.6) is 0 Å². The standard InChI is InChI=1S/C16H26N2O6S2/c1-4-24-16(19)15(18-25(3,20)21)7-5-6-12-17-26(22,23)14-10-8-13(2)9-11-14/h8-11,15,17-18H,4-7,12H2,1-3H3. The molecule has 1 rings (SSSR count). The molecular formula is C16H26N2O6S2. The van der Waals surface area contributed by atoms with Crippen LogP contribution in [0.4, 0.5) is 0 Å². The van der Waals surface area contributed by atoms with E-state index >= 15 is 0 Å². The van der Waals surface area contributed by atoms with Crippen LogP contribution in [-0.4, -0.2) is 48.3 Å². The molecule has 0 heterocycles. The normalized spacial score (nSPS) is 13.3. The van der Waals surface area contributed by atoms with Gasteiger partial charge >= 0.3 is 5.97 Å². The first-order valence-electron chi connectivity index (χ1n) is 8.25. The molecule has 0 saturated carbocycles. The largest absolute Gasteiger partial charge is 0.465 e. The minimum Gasteiger partial charge on any atom is -0.465 e. The van der Waals surface area contributed by atoms with E-state index in [1.807, 2.05) is 6.92 Å². The number of benzene rings is 1. The van der Waals surface area contributed by atoms with Crippen molar-refractivity contribution in [2.75, 3.05) is 19.4 Å². The molecule has 0 spiro atoms. The maximum Gasteiger partial charge on any atom is 0.324 e. The molecule has 0 bridgehead atoms. The predicted molar refractivity (Wildman–Crippen MR) is 98.6 cm³/mol. The number of hydrogen-bond acceptors (Lipinski definition) is 6. The van der Waals surface area contributed by atoms with E-state index < -0.39 is 32.1 Å². The van der Waals surface area contributed by atoms with Crippen LogP contribution in [0.15, 0.2) is 29.2 Å². The first-order chi connectivity index (χ1) is 12.0. The highest BCUT2D eigenvalue weighted by Gasteiger charge is 2.23. The van der Waals surface area contributed by atoms with Gasteiger partial charge < -0.3 is 4.74 Å². The molecule has 1 unspecified atom stereocenters. The molecule has 26 heavy (non-hydrogen) atoms. The number of unbranched alkanes of at least 4 members (excludes halogenated alkanes) is 1. The number of rotatable bonds is 11. The predicted octanol–water partition coefficient (Wildman–Crippen LogP) is 0.925. The van der Waals surface area contributed by atoms with Crippen molar-refractivity contribution in [3.05, 3.63) is 29.8 Å². The van der Waals surface area contributed by atoms with Gasteiger partial charge in [-0.05, 0) is 45.2 Å². The Morgan fingerprint density at radius 2 is 1.73 bits per heavy atom. The van der Waals surface area contributed by atoms with E-state index in [-0.39, 0.29) is 24.5 Å². The van der Waals surface area contributed by atoms with E-state index in [1.54, 1.807) is 19.1 Å². The van der Waals surface area contributed by atoms with E-state index in [9.17, 15) is 21.6 Å². The Kier molecular flexibility index (Phi) is 8.68. The molecule has 0 aromatic heterocycles. The lowest BCUT2D eigenvalue weighted by atomic mass is 10.1. The van der Waals surface area contributed by atoms with Crippen LogP contribution in [0.2, 0.25) is 0 Å². The molecule has 0 aliphatic heterocycles. The summed E-state index contributed by atoms with van der Waals surface area (Å²) in [5.74, 6) is -0.641. The summed E-state index contributed by atoms with van der Waals surface area (Å²) in [4.78, 5) is 12.0. The number of carbonyl (C=O) groups excluding carboxylic acids is 1. The summed E-state index contributed by atoms with van der Waals surface area (Å²) in [6.45, 7) is 3.84. The lowest BCUT2D eigenvalue weighted by Gasteiger charge is -2.16. The van der Waals surface area contributed by atoms with Crippen LogP contribution in [0.1, 0.15) is 31.7 Å². The smallest absolute Gasteiger partial charge is 0.324 e. The lowest BCUT2D eigenvalue weighted by molar-refractivity contribution is -0.145. The summed E-state index contributed by atoms with van der Waals surface area (Å²) in [6, 6.07) is 5.53. The van der Waals surface area contributed by atoms with Gasteiger partial charge in [-0.15, -0.1) is 0 Å². The van der Waals surface area contributed by atoms with Gasteiger partial charge in [-0.25, -0.2) is 26.3 Å². The van der Waals surface area contributed by atoms with Crippen molar-refractivity contribution in [1.29, 1.82) is 0 Å². The van der Waals surface area contributed by atoms with Crippen molar-refractivity contribution in [2.24, 2.45) is 0 Å². The van der Waals surface area contributed by atoms with Crippen LogP contribution in [0.25, 0.3) is 0 Å². The highest BCUT2D eigenvalue weighted by molar-refractivity contribution is 7.89. The lowest BCUT2D eigenvalue weighted by Crippen LogP contribution is -2.41. The van der Waals surface area contributed by atoms with E-state index in [0.717, 1.165) is 11.8 Å². The maximum atomic E-state index is 12.1. The number of nitrogens with one attached hydrogen (secondary N) is 2. The van der Waals surface area contributed by atoms with E-state index in [2.05, 4.69) is 9.44 Å². The van der Waals surface area contributed by atoms with Gasteiger partial charge in [-0.2, -0.15) is 0 Å². The van der Waals surface area contributed by atoms with Crippen LogP contribution >= 0.6 is 0 Å². The monoisotopic (exact) mass is 406 g/mol. The van der Waals surface area contributed by atoms with Crippen LogP contribution in [0.3, 0.4) is 0 Å². The number of carbonyl (C=O) groups is 1. The van der Waals surface area contributed by atoms with Gasteiger partial charge in [0.2, 0.25) is 20.0 Å². The summed E-state index contributed by atoms with van der Waals surface area (Å²) in [5, 5.41) is 0. The fourth-order valence-electron chi connectivity index (χ4n) is 2.21. The fraction of sp³-hybridized carbons (Fsp3) is 0.562. The topological polar surface area (TPSA) is 119 Å². The second kappa shape index (κ2) is 10.0. The zero-order valence-electron chi connectivity index (χ0n) is 15.2. The van der Waals surface area contributed by atoms with Gasteiger partial charge in [0.1, 0.15) is 6.04 Å². The summed E-state index contributed by atoms with van der Waals surface area (Å²) in [5.41, 5.74) is 0.965.